The van der Waals surface area contributed by atoms with Gasteiger partial charge in [-0.1, -0.05) is 11.6 Å². The molecular formula is C10H14ClN5O2S. The van der Waals surface area contributed by atoms with Gasteiger partial charge in [0.15, 0.2) is 10.8 Å². The molecule has 0 aromatic carbocycles. The molecule has 0 unspecified atom stereocenters. The Hall–Kier alpha value is -1.09. The molecule has 0 aliphatic carbocycles. The second-order valence-electron chi connectivity index (χ2n) is 3.76. The first-order valence-corrected chi connectivity index (χ1v) is 7.09. The van der Waals surface area contributed by atoms with Gasteiger partial charge in [0, 0.05) is 18.8 Å². The molecule has 0 aliphatic heterocycles. The van der Waals surface area contributed by atoms with E-state index in [-0.39, 0.29) is 29.7 Å². The number of halogens is 1. The number of fused-ring (bicyclic) bond motifs is 1. The molecule has 0 fully saturated rings. The van der Waals surface area contributed by atoms with Crippen molar-refractivity contribution in [3.63, 3.8) is 0 Å². The molecule has 0 radical (unpaired) electrons. The highest BCUT2D eigenvalue weighted by molar-refractivity contribution is 7.99. The van der Waals surface area contributed by atoms with Crippen LogP contribution < -0.4 is 5.73 Å². The van der Waals surface area contributed by atoms with Crippen molar-refractivity contribution in [1.82, 2.24) is 19.5 Å². The van der Waals surface area contributed by atoms with Crippen LogP contribution in [0.3, 0.4) is 0 Å². The van der Waals surface area contributed by atoms with Gasteiger partial charge in [-0.05, 0) is 0 Å². The molecule has 2 aromatic rings. The van der Waals surface area contributed by atoms with E-state index in [4.69, 9.17) is 27.5 Å². The van der Waals surface area contributed by atoms with Gasteiger partial charge in [-0.2, -0.15) is 9.97 Å². The van der Waals surface area contributed by atoms with Gasteiger partial charge in [-0.3, -0.25) is 0 Å². The van der Waals surface area contributed by atoms with Gasteiger partial charge in [0.1, 0.15) is 5.52 Å². The number of aliphatic hydroxyl groups excluding tert-OH is 2. The summed E-state index contributed by atoms with van der Waals surface area (Å²) < 4.78 is 1.79. The van der Waals surface area contributed by atoms with Crippen molar-refractivity contribution in [1.29, 1.82) is 0 Å². The van der Waals surface area contributed by atoms with E-state index in [9.17, 15) is 0 Å². The van der Waals surface area contributed by atoms with E-state index in [0.29, 0.717) is 23.3 Å². The van der Waals surface area contributed by atoms with Crippen LogP contribution in [0.4, 0.5) is 5.95 Å². The monoisotopic (exact) mass is 303 g/mol. The van der Waals surface area contributed by atoms with Crippen LogP contribution in [0.25, 0.3) is 11.2 Å². The van der Waals surface area contributed by atoms with Crippen molar-refractivity contribution in [2.45, 2.75) is 11.8 Å². The Kier molecular flexibility index (Phi) is 4.81. The maximum absolute atomic E-state index is 9.12. The van der Waals surface area contributed by atoms with Crippen LogP contribution in [0.2, 0.25) is 5.15 Å². The van der Waals surface area contributed by atoms with Gasteiger partial charge in [-0.25, -0.2) is 4.98 Å². The molecule has 0 spiro atoms. The van der Waals surface area contributed by atoms with Crippen molar-refractivity contribution >= 4 is 40.5 Å². The zero-order valence-electron chi connectivity index (χ0n) is 10.0. The second-order valence-corrected chi connectivity index (χ2v) is 5.40. The number of nitrogens with two attached hydrogens (primary N) is 1. The van der Waals surface area contributed by atoms with Gasteiger partial charge in [0.05, 0.1) is 18.3 Å². The molecule has 9 heteroatoms. The van der Waals surface area contributed by atoms with E-state index in [1.165, 1.54) is 11.8 Å². The van der Waals surface area contributed by atoms with Crippen LogP contribution in [0.15, 0.2) is 6.33 Å². The van der Waals surface area contributed by atoms with Crippen LogP contribution in [0, 0.1) is 0 Å². The lowest BCUT2D eigenvalue weighted by molar-refractivity contribution is 0.278. The summed E-state index contributed by atoms with van der Waals surface area (Å²) in [6.07, 6.45) is 2.10. The van der Waals surface area contributed by atoms with Crippen molar-refractivity contribution in [2.75, 3.05) is 24.7 Å². The average molecular weight is 304 g/mol. The fourth-order valence-corrected chi connectivity index (χ4v) is 2.89. The molecule has 0 amide bonds. The first-order chi connectivity index (χ1) is 9.17. The van der Waals surface area contributed by atoms with Crippen LogP contribution in [0.1, 0.15) is 11.8 Å². The SMILES string of the molecule is Nc1nc(Cl)c2ncn([C@@H](CCO)SCCO)c2n1. The molecule has 4 N–H and O–H groups in total. The number of nitrogen functional groups attached to an aromatic ring is 1. The largest absolute Gasteiger partial charge is 0.396 e. The van der Waals surface area contributed by atoms with E-state index >= 15 is 0 Å². The van der Waals surface area contributed by atoms with Crippen LogP contribution in [0.5, 0.6) is 0 Å². The topological polar surface area (TPSA) is 110 Å². The molecular weight excluding hydrogens is 290 g/mol. The van der Waals surface area contributed by atoms with Crippen molar-refractivity contribution < 1.29 is 10.2 Å². The molecule has 104 valence electrons. The summed E-state index contributed by atoms with van der Waals surface area (Å²) >= 11 is 7.46. The molecule has 1 atom stereocenters. The molecule has 7 nitrogen and oxygen atoms in total. The fraction of sp³-hybridized carbons (Fsp3) is 0.500. The Morgan fingerprint density at radius 3 is 2.84 bits per heavy atom. The number of hydrogen-bond donors (Lipinski definition) is 3. The van der Waals surface area contributed by atoms with E-state index in [1.54, 1.807) is 10.9 Å². The Bertz CT molecular complexity index is 564. The van der Waals surface area contributed by atoms with Crippen molar-refractivity contribution in [3.8, 4) is 0 Å². The third-order valence-corrected chi connectivity index (χ3v) is 4.01. The summed E-state index contributed by atoms with van der Waals surface area (Å²) in [5, 5.41) is 18.1. The summed E-state index contributed by atoms with van der Waals surface area (Å²) in [6.45, 7) is 0.0914. The van der Waals surface area contributed by atoms with Crippen LogP contribution in [-0.2, 0) is 0 Å². The standard InChI is InChI=1S/C10H14ClN5O2S/c11-8-7-9(15-10(12)14-8)16(5-13-7)6(1-2-17)19-4-3-18/h5-6,17-18H,1-4H2,(H2,12,14,15)/t6-/m1/s1. The highest BCUT2D eigenvalue weighted by Gasteiger charge is 2.17. The van der Waals surface area contributed by atoms with E-state index in [2.05, 4.69) is 15.0 Å². The number of thioether (sulfide) groups is 1. The first kappa shape index (κ1) is 14.3. The minimum Gasteiger partial charge on any atom is -0.396 e. The average Bonchev–Trinajstić information content (AvgIpc) is 2.78. The Balaban J connectivity index is 2.41. The highest BCUT2D eigenvalue weighted by atomic mass is 35.5. The molecule has 0 aliphatic rings. The molecule has 2 rings (SSSR count). The zero-order valence-corrected chi connectivity index (χ0v) is 11.6. The second kappa shape index (κ2) is 6.38. The lowest BCUT2D eigenvalue weighted by Gasteiger charge is -2.17. The van der Waals surface area contributed by atoms with Crippen LogP contribution in [-0.4, -0.2) is 48.7 Å². The fourth-order valence-electron chi connectivity index (χ4n) is 1.71. The predicted molar refractivity (Wildman–Crippen MR) is 75.0 cm³/mol. The van der Waals surface area contributed by atoms with Crippen molar-refractivity contribution in [3.05, 3.63) is 11.5 Å². The first-order valence-electron chi connectivity index (χ1n) is 5.66. The minimum atomic E-state index is -0.0903. The molecule has 0 saturated carbocycles. The van der Waals surface area contributed by atoms with E-state index in [0.717, 1.165) is 0 Å². The summed E-state index contributed by atoms with van der Waals surface area (Å²) in [4.78, 5) is 12.1. The minimum absolute atomic E-state index is 0.0249. The molecule has 0 bridgehead atoms. The number of anilines is 1. The summed E-state index contributed by atoms with van der Waals surface area (Å²) in [5.74, 6) is 0.632. The summed E-state index contributed by atoms with van der Waals surface area (Å²) in [7, 11) is 0. The zero-order chi connectivity index (χ0) is 13.8. The molecule has 19 heavy (non-hydrogen) atoms. The number of hydrogen-bond acceptors (Lipinski definition) is 7. The number of rotatable bonds is 6. The maximum atomic E-state index is 9.12. The summed E-state index contributed by atoms with van der Waals surface area (Å²) in [6, 6.07) is 0. The Morgan fingerprint density at radius 2 is 2.16 bits per heavy atom. The lowest BCUT2D eigenvalue weighted by atomic mass is 10.4. The molecule has 2 heterocycles. The van der Waals surface area contributed by atoms with Crippen LogP contribution >= 0.6 is 23.4 Å². The number of aliphatic hydroxyl groups is 2. The number of aromatic nitrogens is 4. The van der Waals surface area contributed by atoms with Crippen molar-refractivity contribution in [2.24, 2.45) is 0 Å². The summed E-state index contributed by atoms with van der Waals surface area (Å²) in [5.41, 5.74) is 6.59. The molecule has 0 saturated heterocycles. The molecule has 2 aromatic heterocycles. The Labute approximate surface area is 118 Å². The van der Waals surface area contributed by atoms with Gasteiger partial charge >= 0.3 is 0 Å². The number of nitrogens with zero attached hydrogens (tertiary/aromatic N) is 4. The highest BCUT2D eigenvalue weighted by Crippen LogP contribution is 2.30. The Morgan fingerprint density at radius 1 is 1.37 bits per heavy atom. The normalized spacial score (nSPS) is 13.0. The van der Waals surface area contributed by atoms with E-state index in [1.807, 2.05) is 0 Å². The van der Waals surface area contributed by atoms with E-state index < -0.39 is 0 Å². The van der Waals surface area contributed by atoms with Gasteiger partial charge in [-0.15, -0.1) is 11.8 Å². The number of imidazole rings is 1. The smallest absolute Gasteiger partial charge is 0.223 e. The third-order valence-electron chi connectivity index (χ3n) is 2.48. The third kappa shape index (κ3) is 3.08. The lowest BCUT2D eigenvalue weighted by Crippen LogP contribution is -2.09. The van der Waals surface area contributed by atoms with Gasteiger partial charge in [0.2, 0.25) is 5.95 Å². The predicted octanol–water partition coefficient (Wildman–Crippen LogP) is 0.668. The van der Waals surface area contributed by atoms with Gasteiger partial charge in [0.25, 0.3) is 0 Å². The quantitative estimate of drug-likeness (QED) is 0.673. The maximum Gasteiger partial charge on any atom is 0.223 e. The van der Waals surface area contributed by atoms with Gasteiger partial charge < -0.3 is 20.5 Å².